The van der Waals surface area contributed by atoms with E-state index in [1.807, 2.05) is 0 Å². The molecular weight excluding hydrogens is 1260 g/mol. The molecule has 0 bridgehead atoms. The first-order chi connectivity index (χ1) is 46.3. The van der Waals surface area contributed by atoms with Gasteiger partial charge in [-0.1, -0.05) is 317 Å². The van der Waals surface area contributed by atoms with Gasteiger partial charge in [0, 0.05) is 25.7 Å². The molecular formula is C77H146O17P2. The third kappa shape index (κ3) is 68.7. The molecule has 0 aromatic carbocycles. The first-order valence-electron chi connectivity index (χ1n) is 39.2. The molecule has 0 saturated heterocycles. The largest absolute Gasteiger partial charge is 0.472 e. The average molecular weight is 1410 g/mol. The zero-order valence-corrected chi connectivity index (χ0v) is 64.1. The maximum absolute atomic E-state index is 13.1. The number of hydrogen-bond donors (Lipinski definition) is 3. The molecule has 566 valence electrons. The summed E-state index contributed by atoms with van der Waals surface area (Å²) in [5, 5.41) is 10.6. The molecule has 0 saturated carbocycles. The number of carbonyl (C=O) groups excluding carboxylic acids is 4. The van der Waals surface area contributed by atoms with Crippen molar-refractivity contribution >= 4 is 39.5 Å². The maximum Gasteiger partial charge on any atom is 0.472 e. The molecule has 6 atom stereocenters. The fourth-order valence-electron chi connectivity index (χ4n) is 11.2. The number of rotatable bonds is 73. The van der Waals surface area contributed by atoms with E-state index in [1.54, 1.807) is 0 Å². The molecule has 0 aromatic rings. The summed E-state index contributed by atoms with van der Waals surface area (Å²) in [5.41, 5.74) is 0. The summed E-state index contributed by atoms with van der Waals surface area (Å²) in [5.74, 6) is 0.0991. The number of esters is 4. The van der Waals surface area contributed by atoms with Crippen LogP contribution in [0.5, 0.6) is 0 Å². The van der Waals surface area contributed by atoms with E-state index in [0.29, 0.717) is 31.6 Å². The van der Waals surface area contributed by atoms with Gasteiger partial charge in [-0.05, 0) is 69.1 Å². The number of hydrogen-bond acceptors (Lipinski definition) is 15. The van der Waals surface area contributed by atoms with Crippen LogP contribution in [0, 0.1) is 17.8 Å². The van der Waals surface area contributed by atoms with Gasteiger partial charge in [0.05, 0.1) is 26.4 Å². The molecule has 0 amide bonds. The van der Waals surface area contributed by atoms with Crippen molar-refractivity contribution in [2.45, 2.75) is 388 Å². The van der Waals surface area contributed by atoms with Crippen LogP contribution < -0.4 is 0 Å². The summed E-state index contributed by atoms with van der Waals surface area (Å²) >= 11 is 0. The highest BCUT2D eigenvalue weighted by atomic mass is 31.2. The molecule has 0 aliphatic rings. The highest BCUT2D eigenvalue weighted by Crippen LogP contribution is 2.45. The number of carbonyl (C=O) groups is 4. The number of phosphoric ester groups is 2. The molecule has 0 spiro atoms. The van der Waals surface area contributed by atoms with Crippen LogP contribution in [-0.2, 0) is 65.4 Å². The van der Waals surface area contributed by atoms with Crippen LogP contribution in [0.25, 0.3) is 0 Å². The molecule has 0 radical (unpaired) electrons. The average Bonchev–Trinajstić information content (AvgIpc) is 3.10. The predicted molar refractivity (Wildman–Crippen MR) is 390 cm³/mol. The number of aliphatic hydroxyl groups is 1. The van der Waals surface area contributed by atoms with Crippen molar-refractivity contribution in [3.8, 4) is 0 Å². The van der Waals surface area contributed by atoms with Crippen molar-refractivity contribution in [1.82, 2.24) is 0 Å². The number of unbranched alkanes of at least 4 members (excludes halogenated alkanes) is 37. The number of phosphoric acid groups is 2. The van der Waals surface area contributed by atoms with Crippen LogP contribution in [0.3, 0.4) is 0 Å². The Balaban J connectivity index is 5.21. The highest BCUT2D eigenvalue weighted by Gasteiger charge is 2.30. The third-order valence-electron chi connectivity index (χ3n) is 17.6. The van der Waals surface area contributed by atoms with E-state index in [2.05, 4.69) is 72.8 Å². The van der Waals surface area contributed by atoms with Crippen LogP contribution in [0.1, 0.15) is 370 Å². The van der Waals surface area contributed by atoms with Gasteiger partial charge in [0.1, 0.15) is 19.3 Å². The van der Waals surface area contributed by atoms with Crippen molar-refractivity contribution in [3.05, 3.63) is 24.3 Å². The molecule has 0 aliphatic heterocycles. The highest BCUT2D eigenvalue weighted by molar-refractivity contribution is 7.47. The minimum absolute atomic E-state index is 0.0839. The zero-order chi connectivity index (χ0) is 70.9. The Hall–Kier alpha value is -2.46. The molecule has 0 fully saturated rings. The van der Waals surface area contributed by atoms with Crippen LogP contribution >= 0.6 is 15.6 Å². The Kier molecular flexibility index (Phi) is 65.3. The fourth-order valence-corrected chi connectivity index (χ4v) is 12.8. The molecule has 0 heterocycles. The molecule has 0 aromatic heterocycles. The lowest BCUT2D eigenvalue weighted by Crippen LogP contribution is -2.30. The zero-order valence-electron chi connectivity index (χ0n) is 62.3. The Bertz CT molecular complexity index is 1970. The van der Waals surface area contributed by atoms with Gasteiger partial charge in [0.25, 0.3) is 0 Å². The summed E-state index contributed by atoms with van der Waals surface area (Å²) in [6, 6.07) is 0. The molecule has 19 heteroatoms. The van der Waals surface area contributed by atoms with Crippen LogP contribution in [0.2, 0.25) is 0 Å². The van der Waals surface area contributed by atoms with Crippen molar-refractivity contribution in [2.75, 3.05) is 39.6 Å². The lowest BCUT2D eigenvalue weighted by Gasteiger charge is -2.21. The standard InChI is InChI=1S/C77H146O17P2/c1-8-10-11-12-13-14-15-16-21-25-28-31-36-46-53-60-76(81)93-72(64-87-74(79)58-51-44-38-33-35-42-49-56-69(5)6)66-91-95(83,84)89-62-71(78)63-90-96(85,86)92-67-73(65-88-75(80)59-52-45-40-39-43-50-57-70(7)9-2)94-77(82)61-54-47-37-32-29-26-23-20-18-17-19-22-24-27-30-34-41-48-55-68(3)4/h14-16,21,68-73,78H,8-13,17-20,22-67H2,1-7H3,(H,83,84)(H,85,86)/b15-14-,21-16-/t70?,71?,72-,73-/m1/s1. The number of aliphatic hydroxyl groups excluding tert-OH is 1. The van der Waals surface area contributed by atoms with Gasteiger partial charge in [-0.2, -0.15) is 0 Å². The quantitative estimate of drug-likeness (QED) is 0.0169. The molecule has 17 nitrogen and oxygen atoms in total. The van der Waals surface area contributed by atoms with Crippen molar-refractivity contribution < 1.29 is 80.2 Å². The first-order valence-corrected chi connectivity index (χ1v) is 42.2. The van der Waals surface area contributed by atoms with Crippen LogP contribution in [0.15, 0.2) is 24.3 Å². The molecule has 4 unspecified atom stereocenters. The summed E-state index contributed by atoms with van der Waals surface area (Å²) in [6.07, 6.45) is 56.5. The van der Waals surface area contributed by atoms with Crippen molar-refractivity contribution in [2.24, 2.45) is 17.8 Å². The maximum atomic E-state index is 13.1. The van der Waals surface area contributed by atoms with Crippen molar-refractivity contribution in [3.63, 3.8) is 0 Å². The van der Waals surface area contributed by atoms with E-state index < -0.39 is 97.5 Å². The van der Waals surface area contributed by atoms with Gasteiger partial charge in [0.2, 0.25) is 0 Å². The molecule has 0 aliphatic carbocycles. The monoisotopic (exact) mass is 1410 g/mol. The molecule has 96 heavy (non-hydrogen) atoms. The van der Waals surface area contributed by atoms with Gasteiger partial charge in [-0.15, -0.1) is 0 Å². The lowest BCUT2D eigenvalue weighted by atomic mass is 10.00. The Morgan fingerprint density at radius 1 is 0.344 bits per heavy atom. The van der Waals surface area contributed by atoms with Gasteiger partial charge >= 0.3 is 39.5 Å². The fraction of sp³-hybridized carbons (Fsp3) is 0.896. The summed E-state index contributed by atoms with van der Waals surface area (Å²) in [7, 11) is -9.92. The summed E-state index contributed by atoms with van der Waals surface area (Å²) in [4.78, 5) is 72.7. The van der Waals surface area contributed by atoms with Gasteiger partial charge in [0.15, 0.2) is 12.2 Å². The minimum atomic E-state index is -4.96. The van der Waals surface area contributed by atoms with Crippen LogP contribution in [0.4, 0.5) is 0 Å². The first kappa shape index (κ1) is 93.5. The van der Waals surface area contributed by atoms with Crippen LogP contribution in [-0.4, -0.2) is 96.7 Å². The topological polar surface area (TPSA) is 237 Å². The molecule has 3 N–H and O–H groups in total. The second-order valence-electron chi connectivity index (χ2n) is 28.3. The van der Waals surface area contributed by atoms with E-state index >= 15 is 0 Å². The second kappa shape index (κ2) is 67.1. The summed E-state index contributed by atoms with van der Waals surface area (Å²) < 4.78 is 68.4. The molecule has 0 rings (SSSR count). The Morgan fingerprint density at radius 3 is 0.927 bits per heavy atom. The number of allylic oxidation sites excluding steroid dienone is 4. The van der Waals surface area contributed by atoms with E-state index in [1.165, 1.54) is 154 Å². The van der Waals surface area contributed by atoms with E-state index in [0.717, 1.165) is 127 Å². The van der Waals surface area contributed by atoms with E-state index in [4.69, 9.17) is 37.0 Å². The Labute approximate surface area is 586 Å². The van der Waals surface area contributed by atoms with Gasteiger partial charge in [-0.3, -0.25) is 37.3 Å². The minimum Gasteiger partial charge on any atom is -0.462 e. The normalized spacial score (nSPS) is 14.5. The van der Waals surface area contributed by atoms with Crippen molar-refractivity contribution in [1.29, 1.82) is 0 Å². The predicted octanol–water partition coefficient (Wildman–Crippen LogP) is 22.1. The Morgan fingerprint density at radius 2 is 0.615 bits per heavy atom. The number of ether oxygens (including phenoxy) is 4. The SMILES string of the molecule is CCCCCC/C=C\C=C/CCCCCCCC(=O)O[C@H](COC(=O)CCCCCCCCCC(C)C)COP(=O)(O)OCC(O)COP(=O)(O)OC[C@@H](COC(=O)CCCCCCCCC(C)CC)OC(=O)CCCCCCCCCCCCCCCCCCCCC(C)C. The van der Waals surface area contributed by atoms with Gasteiger partial charge in [-0.25, -0.2) is 9.13 Å². The lowest BCUT2D eigenvalue weighted by molar-refractivity contribution is -0.161. The smallest absolute Gasteiger partial charge is 0.462 e. The third-order valence-corrected chi connectivity index (χ3v) is 19.5. The van der Waals surface area contributed by atoms with Gasteiger partial charge < -0.3 is 33.8 Å². The second-order valence-corrected chi connectivity index (χ2v) is 31.2. The van der Waals surface area contributed by atoms with E-state index in [-0.39, 0.29) is 25.7 Å². The summed E-state index contributed by atoms with van der Waals surface area (Å²) in [6.45, 7) is 11.8. The van der Waals surface area contributed by atoms with E-state index in [9.17, 15) is 43.2 Å².